The van der Waals surface area contributed by atoms with E-state index in [1.165, 1.54) is 0 Å². The van der Waals surface area contributed by atoms with Gasteiger partial charge in [0.15, 0.2) is 17.3 Å². The SMILES string of the molecule is Cc1c(Oc2c(F)cccc2F)nc(N)nc1C(F)(F)F. The average molecular weight is 305 g/mol. The molecular formula is C12H8F5N3O. The molecule has 21 heavy (non-hydrogen) atoms. The third-order valence-electron chi connectivity index (χ3n) is 2.50. The third-order valence-corrected chi connectivity index (χ3v) is 2.50. The summed E-state index contributed by atoms with van der Waals surface area (Å²) in [6.45, 7) is 1.01. The van der Waals surface area contributed by atoms with Crippen LogP contribution in [-0.2, 0) is 6.18 Å². The van der Waals surface area contributed by atoms with E-state index >= 15 is 0 Å². The van der Waals surface area contributed by atoms with Crippen molar-refractivity contribution in [1.82, 2.24) is 9.97 Å². The molecule has 4 nitrogen and oxygen atoms in total. The minimum atomic E-state index is -4.80. The summed E-state index contributed by atoms with van der Waals surface area (Å²) in [5, 5.41) is 0. The van der Waals surface area contributed by atoms with Crippen LogP contribution < -0.4 is 10.5 Å². The van der Waals surface area contributed by atoms with Crippen LogP contribution in [-0.4, -0.2) is 9.97 Å². The van der Waals surface area contributed by atoms with E-state index in [0.29, 0.717) is 0 Å². The molecule has 0 amide bonds. The van der Waals surface area contributed by atoms with Crippen LogP contribution in [0.15, 0.2) is 18.2 Å². The van der Waals surface area contributed by atoms with Gasteiger partial charge in [-0.3, -0.25) is 0 Å². The highest BCUT2D eigenvalue weighted by Crippen LogP contribution is 2.36. The molecule has 9 heteroatoms. The first-order valence-electron chi connectivity index (χ1n) is 5.53. The van der Waals surface area contributed by atoms with E-state index < -0.39 is 46.6 Å². The highest BCUT2D eigenvalue weighted by atomic mass is 19.4. The molecule has 0 bridgehead atoms. The number of hydrogen-bond acceptors (Lipinski definition) is 4. The van der Waals surface area contributed by atoms with Gasteiger partial charge in [0.1, 0.15) is 0 Å². The van der Waals surface area contributed by atoms with Gasteiger partial charge >= 0.3 is 6.18 Å². The van der Waals surface area contributed by atoms with Gasteiger partial charge in [-0.05, 0) is 19.1 Å². The number of aromatic nitrogens is 2. The number of anilines is 1. The van der Waals surface area contributed by atoms with E-state index in [4.69, 9.17) is 10.5 Å². The van der Waals surface area contributed by atoms with Crippen molar-refractivity contribution in [3.8, 4) is 11.6 Å². The van der Waals surface area contributed by atoms with Crippen molar-refractivity contribution in [2.45, 2.75) is 13.1 Å². The van der Waals surface area contributed by atoms with Crippen LogP contribution >= 0.6 is 0 Å². The van der Waals surface area contributed by atoms with E-state index in [9.17, 15) is 22.0 Å². The molecule has 2 aromatic rings. The molecule has 0 atom stereocenters. The third kappa shape index (κ3) is 3.01. The Bertz CT molecular complexity index is 667. The summed E-state index contributed by atoms with van der Waals surface area (Å²) in [6, 6.07) is 2.87. The number of para-hydroxylation sites is 1. The van der Waals surface area contributed by atoms with Crippen molar-refractivity contribution in [3.05, 3.63) is 41.1 Å². The number of halogens is 5. The summed E-state index contributed by atoms with van der Waals surface area (Å²) in [5.41, 5.74) is 3.30. The first-order chi connectivity index (χ1) is 9.70. The maximum absolute atomic E-state index is 13.4. The standard InChI is InChI=1S/C12H8F5N3O/c1-5-9(12(15,16)17)19-11(18)20-10(5)21-8-6(13)3-2-4-7(8)14/h2-4H,1H3,(H2,18,19,20). The van der Waals surface area contributed by atoms with E-state index in [1.54, 1.807) is 0 Å². The van der Waals surface area contributed by atoms with Crippen molar-refractivity contribution in [3.63, 3.8) is 0 Å². The van der Waals surface area contributed by atoms with Crippen LogP contribution in [0.2, 0.25) is 0 Å². The molecule has 2 N–H and O–H groups in total. The molecule has 0 fully saturated rings. The predicted octanol–water partition coefficient (Wildman–Crippen LogP) is 3.46. The number of benzene rings is 1. The van der Waals surface area contributed by atoms with Gasteiger partial charge in [-0.1, -0.05) is 6.07 Å². The lowest BCUT2D eigenvalue weighted by molar-refractivity contribution is -0.141. The zero-order valence-electron chi connectivity index (χ0n) is 10.5. The van der Waals surface area contributed by atoms with E-state index in [2.05, 4.69) is 9.97 Å². The van der Waals surface area contributed by atoms with Gasteiger partial charge in [0.2, 0.25) is 17.6 Å². The Morgan fingerprint density at radius 3 is 2.19 bits per heavy atom. The smallest absolute Gasteiger partial charge is 0.432 e. The maximum atomic E-state index is 13.4. The van der Waals surface area contributed by atoms with Gasteiger partial charge in [-0.2, -0.15) is 18.2 Å². The number of nitrogens with zero attached hydrogens (tertiary/aromatic N) is 2. The molecule has 0 unspecified atom stereocenters. The number of alkyl halides is 3. The fraction of sp³-hybridized carbons (Fsp3) is 0.167. The number of ether oxygens (including phenoxy) is 1. The van der Waals surface area contributed by atoms with Gasteiger partial charge in [0, 0.05) is 5.56 Å². The molecule has 0 aliphatic carbocycles. The number of nitrogens with two attached hydrogens (primary N) is 1. The summed E-state index contributed by atoms with van der Waals surface area (Å²) in [7, 11) is 0. The molecule has 1 heterocycles. The normalized spacial score (nSPS) is 11.5. The van der Waals surface area contributed by atoms with E-state index in [-0.39, 0.29) is 0 Å². The van der Waals surface area contributed by atoms with Crippen LogP contribution in [0.5, 0.6) is 11.6 Å². The van der Waals surface area contributed by atoms with Gasteiger partial charge in [0.25, 0.3) is 0 Å². The Kier molecular flexibility index (Phi) is 3.67. The molecular weight excluding hydrogens is 297 g/mol. The van der Waals surface area contributed by atoms with Crippen molar-refractivity contribution in [2.24, 2.45) is 0 Å². The van der Waals surface area contributed by atoms with Gasteiger partial charge in [-0.15, -0.1) is 0 Å². The van der Waals surface area contributed by atoms with Crippen molar-refractivity contribution < 1.29 is 26.7 Å². The van der Waals surface area contributed by atoms with E-state index in [0.717, 1.165) is 25.1 Å². The molecule has 112 valence electrons. The molecule has 2 rings (SSSR count). The predicted molar refractivity (Wildman–Crippen MR) is 62.6 cm³/mol. The Morgan fingerprint density at radius 2 is 1.67 bits per heavy atom. The number of rotatable bonds is 2. The molecule has 0 aliphatic heterocycles. The minimum absolute atomic E-state index is 0.528. The number of hydrogen-bond donors (Lipinski definition) is 1. The van der Waals surface area contributed by atoms with Crippen LogP contribution in [0.4, 0.5) is 27.9 Å². The second-order valence-corrected chi connectivity index (χ2v) is 4.01. The molecule has 0 aliphatic rings. The first-order valence-corrected chi connectivity index (χ1v) is 5.53. The van der Waals surface area contributed by atoms with Crippen LogP contribution in [0.1, 0.15) is 11.3 Å². The van der Waals surface area contributed by atoms with E-state index in [1.807, 2.05) is 0 Å². The lowest BCUT2D eigenvalue weighted by Crippen LogP contribution is -2.14. The molecule has 0 saturated heterocycles. The summed E-state index contributed by atoms with van der Waals surface area (Å²) >= 11 is 0. The van der Waals surface area contributed by atoms with Gasteiger partial charge in [-0.25, -0.2) is 13.8 Å². The van der Waals surface area contributed by atoms with Gasteiger partial charge in [0.05, 0.1) is 0 Å². The molecule has 1 aromatic heterocycles. The zero-order chi connectivity index (χ0) is 15.8. The highest BCUT2D eigenvalue weighted by molar-refractivity contribution is 5.40. The summed E-state index contributed by atoms with van der Waals surface area (Å²) in [5.74, 6) is -4.43. The monoisotopic (exact) mass is 305 g/mol. The first kappa shape index (κ1) is 14.9. The van der Waals surface area contributed by atoms with Crippen LogP contribution in [0, 0.1) is 18.6 Å². The molecule has 0 spiro atoms. The lowest BCUT2D eigenvalue weighted by atomic mass is 10.2. The van der Waals surface area contributed by atoms with Crippen LogP contribution in [0.3, 0.4) is 0 Å². The summed E-state index contributed by atoms with van der Waals surface area (Å²) < 4.78 is 70.0. The molecule has 1 aromatic carbocycles. The van der Waals surface area contributed by atoms with Crippen molar-refractivity contribution in [1.29, 1.82) is 0 Å². The summed E-state index contributed by atoms with van der Waals surface area (Å²) in [6.07, 6.45) is -4.80. The molecule has 0 radical (unpaired) electrons. The average Bonchev–Trinajstić information content (AvgIpc) is 2.36. The Labute approximate surface area is 115 Å². The van der Waals surface area contributed by atoms with Crippen LogP contribution in [0.25, 0.3) is 0 Å². The fourth-order valence-corrected chi connectivity index (χ4v) is 1.56. The Morgan fingerprint density at radius 1 is 1.10 bits per heavy atom. The van der Waals surface area contributed by atoms with Crippen molar-refractivity contribution in [2.75, 3.05) is 5.73 Å². The minimum Gasteiger partial charge on any atom is -0.432 e. The lowest BCUT2D eigenvalue weighted by Gasteiger charge is -2.14. The maximum Gasteiger partial charge on any atom is 0.433 e. The Hall–Kier alpha value is -2.45. The van der Waals surface area contributed by atoms with Crippen molar-refractivity contribution >= 4 is 5.95 Å². The quantitative estimate of drug-likeness (QED) is 0.863. The second-order valence-electron chi connectivity index (χ2n) is 4.01. The topological polar surface area (TPSA) is 61.0 Å². The molecule has 0 saturated carbocycles. The zero-order valence-corrected chi connectivity index (χ0v) is 10.5. The fourth-order valence-electron chi connectivity index (χ4n) is 1.56. The summed E-state index contributed by atoms with van der Waals surface area (Å²) in [4.78, 5) is 6.50. The van der Waals surface area contributed by atoms with Gasteiger partial charge < -0.3 is 10.5 Å². The highest BCUT2D eigenvalue weighted by Gasteiger charge is 2.36. The second kappa shape index (κ2) is 5.15. The largest absolute Gasteiger partial charge is 0.433 e. The Balaban J connectivity index is 2.53. The number of nitrogen functional groups attached to an aromatic ring is 1.